The molecule has 0 saturated carbocycles. The van der Waals surface area contributed by atoms with Gasteiger partial charge in [-0.3, -0.25) is 14.0 Å². The van der Waals surface area contributed by atoms with Crippen LogP contribution in [-0.4, -0.2) is 15.3 Å². The van der Waals surface area contributed by atoms with Gasteiger partial charge in [0.2, 0.25) is 0 Å². The molecule has 1 aliphatic carbocycles. The SMILES string of the molecule is CC(C)(C)c1ccc(C(=O)Nc2ccccc2OCc2cc(=O)n3c4c(sc3n2)CCCC4)cc1. The fraction of sp³-hybridized carbons (Fsp3) is 0.321. The summed E-state index contributed by atoms with van der Waals surface area (Å²) in [4.78, 5) is 32.4. The number of thiazole rings is 1. The van der Waals surface area contributed by atoms with Crippen molar-refractivity contribution in [1.29, 1.82) is 0 Å². The molecule has 4 aromatic rings. The Morgan fingerprint density at radius 3 is 2.60 bits per heavy atom. The molecule has 5 rings (SSSR count). The molecule has 0 bridgehead atoms. The predicted molar refractivity (Wildman–Crippen MR) is 140 cm³/mol. The van der Waals surface area contributed by atoms with Gasteiger partial charge in [-0.15, -0.1) is 11.3 Å². The van der Waals surface area contributed by atoms with Gasteiger partial charge in [-0.25, -0.2) is 4.98 Å². The van der Waals surface area contributed by atoms with Crippen LogP contribution in [-0.2, 0) is 24.9 Å². The molecule has 2 aromatic heterocycles. The van der Waals surface area contributed by atoms with Gasteiger partial charge in [0, 0.05) is 22.2 Å². The number of hydrogen-bond donors (Lipinski definition) is 1. The van der Waals surface area contributed by atoms with Gasteiger partial charge in [-0.1, -0.05) is 45.0 Å². The van der Waals surface area contributed by atoms with Crippen LogP contribution in [0, 0.1) is 0 Å². The number of carbonyl (C=O) groups is 1. The molecule has 1 N–H and O–H groups in total. The third kappa shape index (κ3) is 4.86. The summed E-state index contributed by atoms with van der Waals surface area (Å²) in [5.74, 6) is 0.322. The van der Waals surface area contributed by atoms with Crippen LogP contribution in [0.2, 0.25) is 0 Å². The molecule has 35 heavy (non-hydrogen) atoms. The Kier molecular flexibility index (Phi) is 6.19. The molecule has 6 nitrogen and oxygen atoms in total. The smallest absolute Gasteiger partial charge is 0.259 e. The largest absolute Gasteiger partial charge is 0.485 e. The fourth-order valence-corrected chi connectivity index (χ4v) is 5.61. The monoisotopic (exact) mass is 487 g/mol. The molecule has 1 amide bonds. The van der Waals surface area contributed by atoms with E-state index in [1.807, 2.05) is 36.4 Å². The van der Waals surface area contributed by atoms with Crippen molar-refractivity contribution >= 4 is 27.9 Å². The van der Waals surface area contributed by atoms with Crippen molar-refractivity contribution in [3.05, 3.63) is 92.3 Å². The van der Waals surface area contributed by atoms with Gasteiger partial charge >= 0.3 is 0 Å². The van der Waals surface area contributed by atoms with Crippen molar-refractivity contribution in [2.24, 2.45) is 0 Å². The summed E-state index contributed by atoms with van der Waals surface area (Å²) in [7, 11) is 0. The number of amides is 1. The number of nitrogens with zero attached hydrogens (tertiary/aromatic N) is 2. The highest BCUT2D eigenvalue weighted by atomic mass is 32.1. The lowest BCUT2D eigenvalue weighted by molar-refractivity contribution is 0.102. The van der Waals surface area contributed by atoms with E-state index < -0.39 is 0 Å². The average molecular weight is 488 g/mol. The molecule has 0 saturated heterocycles. The zero-order valence-electron chi connectivity index (χ0n) is 20.3. The van der Waals surface area contributed by atoms with Gasteiger partial charge in [-0.05, 0) is 60.9 Å². The van der Waals surface area contributed by atoms with E-state index in [1.165, 1.54) is 10.4 Å². The van der Waals surface area contributed by atoms with Gasteiger partial charge in [0.15, 0.2) is 4.96 Å². The lowest BCUT2D eigenvalue weighted by atomic mass is 9.87. The maximum Gasteiger partial charge on any atom is 0.259 e. The number of rotatable bonds is 5. The zero-order chi connectivity index (χ0) is 24.6. The second-order valence-electron chi connectivity index (χ2n) is 9.95. The Labute approximate surface area is 208 Å². The minimum atomic E-state index is -0.205. The Hall–Kier alpha value is -3.45. The molecule has 0 radical (unpaired) electrons. The third-order valence-corrected chi connectivity index (χ3v) is 7.48. The Morgan fingerprint density at radius 2 is 1.83 bits per heavy atom. The quantitative estimate of drug-likeness (QED) is 0.388. The molecule has 2 aromatic carbocycles. The molecule has 180 valence electrons. The van der Waals surface area contributed by atoms with Crippen molar-refractivity contribution in [3.8, 4) is 5.75 Å². The van der Waals surface area contributed by atoms with Crippen LogP contribution in [0.3, 0.4) is 0 Å². The number of benzene rings is 2. The summed E-state index contributed by atoms with van der Waals surface area (Å²) in [5, 5.41) is 2.95. The number of hydrogen-bond acceptors (Lipinski definition) is 5. The highest BCUT2D eigenvalue weighted by Gasteiger charge is 2.19. The topological polar surface area (TPSA) is 72.7 Å². The van der Waals surface area contributed by atoms with Crippen LogP contribution >= 0.6 is 11.3 Å². The first-order valence-electron chi connectivity index (χ1n) is 12.0. The van der Waals surface area contributed by atoms with E-state index in [2.05, 4.69) is 26.1 Å². The van der Waals surface area contributed by atoms with Crippen LogP contribution in [0.15, 0.2) is 59.4 Å². The predicted octanol–water partition coefficient (Wildman–Crippen LogP) is 5.76. The zero-order valence-corrected chi connectivity index (χ0v) is 21.1. The first-order chi connectivity index (χ1) is 16.8. The first-order valence-corrected chi connectivity index (χ1v) is 12.8. The summed E-state index contributed by atoms with van der Waals surface area (Å²) in [6.07, 6.45) is 4.21. The van der Waals surface area contributed by atoms with Gasteiger partial charge < -0.3 is 10.1 Å². The van der Waals surface area contributed by atoms with Gasteiger partial charge in [0.05, 0.1) is 11.4 Å². The maximum absolute atomic E-state index is 12.9. The minimum Gasteiger partial charge on any atom is -0.485 e. The van der Waals surface area contributed by atoms with Crippen LogP contribution < -0.4 is 15.6 Å². The Bertz CT molecular complexity index is 1450. The summed E-state index contributed by atoms with van der Waals surface area (Å²) < 4.78 is 7.76. The molecule has 2 heterocycles. The molecule has 0 atom stereocenters. The number of aryl methyl sites for hydroxylation is 2. The van der Waals surface area contributed by atoms with E-state index in [0.717, 1.165) is 36.3 Å². The van der Waals surface area contributed by atoms with E-state index >= 15 is 0 Å². The van der Waals surface area contributed by atoms with Gasteiger partial charge in [0.25, 0.3) is 11.5 Å². The summed E-state index contributed by atoms with van der Waals surface area (Å²) in [5.41, 5.74) is 3.98. The summed E-state index contributed by atoms with van der Waals surface area (Å²) in [6, 6.07) is 16.5. The molecule has 0 aliphatic heterocycles. The number of nitrogens with one attached hydrogen (secondary N) is 1. The Morgan fingerprint density at radius 1 is 1.09 bits per heavy atom. The number of fused-ring (bicyclic) bond motifs is 3. The average Bonchev–Trinajstić information content (AvgIpc) is 3.22. The van der Waals surface area contributed by atoms with E-state index in [4.69, 9.17) is 9.72 Å². The molecule has 0 fully saturated rings. The first kappa shape index (κ1) is 23.3. The minimum absolute atomic E-state index is 0.0252. The van der Waals surface area contributed by atoms with Crippen LogP contribution in [0.4, 0.5) is 5.69 Å². The summed E-state index contributed by atoms with van der Waals surface area (Å²) >= 11 is 1.60. The lowest BCUT2D eigenvalue weighted by Gasteiger charge is -2.19. The Balaban J connectivity index is 1.32. The van der Waals surface area contributed by atoms with E-state index in [0.29, 0.717) is 22.7 Å². The van der Waals surface area contributed by atoms with Crippen molar-refractivity contribution < 1.29 is 9.53 Å². The number of carbonyl (C=O) groups excluding carboxylic acids is 1. The second-order valence-corrected chi connectivity index (χ2v) is 11.0. The number of para-hydroxylation sites is 2. The van der Waals surface area contributed by atoms with Gasteiger partial charge in [-0.2, -0.15) is 0 Å². The van der Waals surface area contributed by atoms with Crippen molar-refractivity contribution in [3.63, 3.8) is 0 Å². The molecule has 1 aliphatic rings. The molecule has 0 spiro atoms. The van der Waals surface area contributed by atoms with Crippen LogP contribution in [0.25, 0.3) is 4.96 Å². The number of ether oxygens (including phenoxy) is 1. The van der Waals surface area contributed by atoms with E-state index in [1.54, 1.807) is 33.9 Å². The standard InChI is InChI=1S/C28H29N3O3S/c1-28(2,3)19-14-12-18(13-15-19)26(33)30-21-8-4-6-10-23(21)34-17-20-16-25(32)31-22-9-5-7-11-24(22)35-27(31)29-20/h4,6,8,10,12-16H,5,7,9,11,17H2,1-3H3,(H,30,33). The number of anilines is 1. The highest BCUT2D eigenvalue weighted by molar-refractivity contribution is 7.17. The normalized spacial score (nSPS) is 13.5. The fourth-order valence-electron chi connectivity index (χ4n) is 4.38. The van der Waals surface area contributed by atoms with Crippen molar-refractivity contribution in [2.75, 3.05) is 5.32 Å². The van der Waals surface area contributed by atoms with Crippen LogP contribution in [0.5, 0.6) is 5.75 Å². The molecule has 7 heteroatoms. The van der Waals surface area contributed by atoms with Crippen molar-refractivity contribution in [1.82, 2.24) is 9.38 Å². The highest BCUT2D eigenvalue weighted by Crippen LogP contribution is 2.29. The van der Waals surface area contributed by atoms with E-state index in [9.17, 15) is 9.59 Å². The van der Waals surface area contributed by atoms with E-state index in [-0.39, 0.29) is 23.5 Å². The molecular formula is C28H29N3O3S. The molecular weight excluding hydrogens is 458 g/mol. The number of aromatic nitrogens is 2. The second kappa shape index (κ2) is 9.30. The maximum atomic E-state index is 12.9. The van der Waals surface area contributed by atoms with Crippen molar-refractivity contribution in [2.45, 2.75) is 58.5 Å². The van der Waals surface area contributed by atoms with Crippen LogP contribution in [0.1, 0.15) is 65.8 Å². The van der Waals surface area contributed by atoms with Gasteiger partial charge in [0.1, 0.15) is 12.4 Å². The lowest BCUT2D eigenvalue weighted by Crippen LogP contribution is -2.18. The summed E-state index contributed by atoms with van der Waals surface area (Å²) in [6.45, 7) is 6.57. The third-order valence-electron chi connectivity index (χ3n) is 6.34. The molecule has 0 unspecified atom stereocenters.